The molecule has 0 aromatic heterocycles. The number of carbonyl (C=O) groups excluding carboxylic acids is 1. The zero-order valence-electron chi connectivity index (χ0n) is 15.5. The van der Waals surface area contributed by atoms with Gasteiger partial charge in [0, 0.05) is 17.3 Å². The van der Waals surface area contributed by atoms with Crippen LogP contribution in [0.15, 0.2) is 42.5 Å². The molecule has 0 radical (unpaired) electrons. The molecule has 2 rings (SSSR count). The minimum Gasteiger partial charge on any atom is -0.497 e. The van der Waals surface area contributed by atoms with E-state index >= 15 is 0 Å². The van der Waals surface area contributed by atoms with Crippen molar-refractivity contribution in [2.24, 2.45) is 0 Å². The molecule has 0 spiro atoms. The van der Waals surface area contributed by atoms with Gasteiger partial charge in [-0.25, -0.2) is 0 Å². The Morgan fingerprint density at radius 3 is 2.65 bits per heavy atom. The molecular weight excluding hydrogens is 330 g/mol. The Kier molecular flexibility index (Phi) is 6.59. The van der Waals surface area contributed by atoms with Gasteiger partial charge in [0.05, 0.1) is 32.9 Å². The van der Waals surface area contributed by atoms with Crippen LogP contribution in [0.3, 0.4) is 0 Å². The molecule has 136 valence electrons. The second-order valence-electron chi connectivity index (χ2n) is 6.10. The van der Waals surface area contributed by atoms with Crippen LogP contribution < -0.4 is 19.7 Å². The zero-order valence-corrected chi connectivity index (χ0v) is 15.5. The van der Waals surface area contributed by atoms with Crippen molar-refractivity contribution in [1.29, 1.82) is 5.26 Å². The number of hydrogen-bond donors (Lipinski definition) is 2. The highest BCUT2D eigenvalue weighted by Crippen LogP contribution is 2.23. The van der Waals surface area contributed by atoms with E-state index in [1.165, 1.54) is 0 Å². The van der Waals surface area contributed by atoms with Crippen LogP contribution in [0.4, 0.5) is 5.69 Å². The van der Waals surface area contributed by atoms with Crippen LogP contribution in [0.1, 0.15) is 18.1 Å². The van der Waals surface area contributed by atoms with E-state index in [0.717, 1.165) is 22.0 Å². The Hall–Kier alpha value is -3.04. The van der Waals surface area contributed by atoms with Gasteiger partial charge in [-0.1, -0.05) is 6.07 Å². The molecule has 2 N–H and O–H groups in total. The molecular formula is C20H24N3O3+. The van der Waals surface area contributed by atoms with Crippen molar-refractivity contribution in [3.05, 3.63) is 53.6 Å². The Bertz CT molecular complexity index is 814. The van der Waals surface area contributed by atoms with Gasteiger partial charge in [0.25, 0.3) is 5.91 Å². The average molecular weight is 354 g/mol. The maximum absolute atomic E-state index is 12.5. The summed E-state index contributed by atoms with van der Waals surface area (Å²) in [4.78, 5) is 13.5. The van der Waals surface area contributed by atoms with Crippen LogP contribution in [0.25, 0.3) is 0 Å². The summed E-state index contributed by atoms with van der Waals surface area (Å²) in [6.45, 7) is 2.49. The third-order valence-corrected chi connectivity index (χ3v) is 4.36. The molecule has 2 aromatic carbocycles. The molecule has 0 fully saturated rings. The molecule has 26 heavy (non-hydrogen) atoms. The number of carbonyl (C=O) groups is 1. The van der Waals surface area contributed by atoms with Crippen LogP contribution in [0.5, 0.6) is 11.5 Å². The molecule has 0 saturated carbocycles. The number of amides is 1. The van der Waals surface area contributed by atoms with Gasteiger partial charge in [0.2, 0.25) is 0 Å². The summed E-state index contributed by atoms with van der Waals surface area (Å²) in [5, 5.41) is 11.8. The molecule has 0 aliphatic rings. The number of benzene rings is 2. The third kappa shape index (κ3) is 4.74. The minimum atomic E-state index is -0.285. The lowest BCUT2D eigenvalue weighted by Gasteiger charge is -2.22. The fourth-order valence-electron chi connectivity index (χ4n) is 2.59. The number of nitrogens with one attached hydrogen (secondary N) is 2. The maximum Gasteiger partial charge on any atom is 0.282 e. The van der Waals surface area contributed by atoms with E-state index in [4.69, 9.17) is 14.7 Å². The molecule has 2 aromatic rings. The molecule has 6 nitrogen and oxygen atoms in total. The van der Waals surface area contributed by atoms with E-state index in [9.17, 15) is 4.79 Å². The van der Waals surface area contributed by atoms with E-state index < -0.39 is 0 Å². The summed E-state index contributed by atoms with van der Waals surface area (Å²) in [5.41, 5.74) is 2.13. The molecule has 0 bridgehead atoms. The predicted octanol–water partition coefficient (Wildman–Crippen LogP) is 1.62. The number of quaternary nitrogens is 1. The molecule has 0 saturated heterocycles. The Labute approximate surface area is 153 Å². The first kappa shape index (κ1) is 19.3. The second-order valence-corrected chi connectivity index (χ2v) is 6.10. The van der Waals surface area contributed by atoms with Gasteiger partial charge >= 0.3 is 0 Å². The second kappa shape index (κ2) is 8.88. The van der Waals surface area contributed by atoms with Crippen LogP contribution in [0, 0.1) is 11.3 Å². The number of nitriles is 1. The molecule has 0 aliphatic heterocycles. The topological polar surface area (TPSA) is 75.8 Å². The minimum absolute atomic E-state index is 0.106. The van der Waals surface area contributed by atoms with E-state index in [1.54, 1.807) is 38.5 Å². The lowest BCUT2D eigenvalue weighted by molar-refractivity contribution is -0.907. The Balaban J connectivity index is 2.05. The Morgan fingerprint density at radius 2 is 2.00 bits per heavy atom. The summed E-state index contributed by atoms with van der Waals surface area (Å²) >= 11 is 0. The van der Waals surface area contributed by atoms with Crippen molar-refractivity contribution >= 4 is 11.6 Å². The molecule has 1 amide bonds. The number of rotatable bonds is 7. The lowest BCUT2D eigenvalue weighted by Crippen LogP contribution is -3.12. The van der Waals surface area contributed by atoms with E-state index in [2.05, 4.69) is 11.4 Å². The smallest absolute Gasteiger partial charge is 0.282 e. The first-order valence-corrected chi connectivity index (χ1v) is 8.32. The van der Waals surface area contributed by atoms with Gasteiger partial charge < -0.3 is 19.7 Å². The fraction of sp³-hybridized carbons (Fsp3) is 0.300. The van der Waals surface area contributed by atoms with Crippen LogP contribution in [-0.2, 0) is 11.3 Å². The van der Waals surface area contributed by atoms with Crippen LogP contribution in [0.2, 0.25) is 0 Å². The normalized spacial score (nSPS) is 12.6. The van der Waals surface area contributed by atoms with E-state index in [0.29, 0.717) is 17.8 Å². The molecule has 0 heterocycles. The van der Waals surface area contributed by atoms with Crippen LogP contribution in [-0.4, -0.2) is 33.2 Å². The molecule has 2 atom stereocenters. The van der Waals surface area contributed by atoms with Crippen molar-refractivity contribution in [3.8, 4) is 17.6 Å². The van der Waals surface area contributed by atoms with Gasteiger partial charge in [0.1, 0.15) is 18.0 Å². The van der Waals surface area contributed by atoms with Crippen molar-refractivity contribution in [3.63, 3.8) is 0 Å². The van der Waals surface area contributed by atoms with Crippen molar-refractivity contribution in [1.82, 2.24) is 0 Å². The monoisotopic (exact) mass is 354 g/mol. The van der Waals surface area contributed by atoms with Crippen molar-refractivity contribution in [2.45, 2.75) is 19.5 Å². The quantitative estimate of drug-likeness (QED) is 0.792. The van der Waals surface area contributed by atoms with Gasteiger partial charge in [-0.2, -0.15) is 5.26 Å². The number of hydrogen-bond acceptors (Lipinski definition) is 4. The largest absolute Gasteiger partial charge is 0.497 e. The fourth-order valence-corrected chi connectivity index (χ4v) is 2.59. The SMILES string of the molecule is COc1ccc(C[NH+](C)[C@@H](C)C(=O)Nc2cccc(C#N)c2)c(OC)c1. The highest BCUT2D eigenvalue weighted by Gasteiger charge is 2.23. The highest BCUT2D eigenvalue weighted by atomic mass is 16.5. The van der Waals surface area contributed by atoms with Crippen molar-refractivity contribution in [2.75, 3.05) is 26.6 Å². The van der Waals surface area contributed by atoms with E-state index in [1.807, 2.05) is 32.2 Å². The number of nitrogens with zero attached hydrogens (tertiary/aromatic N) is 1. The summed E-state index contributed by atoms with van der Waals surface area (Å²) in [6.07, 6.45) is 0. The van der Waals surface area contributed by atoms with Gasteiger partial charge in [-0.15, -0.1) is 0 Å². The summed E-state index contributed by atoms with van der Waals surface area (Å²) < 4.78 is 10.6. The Morgan fingerprint density at radius 1 is 1.23 bits per heavy atom. The maximum atomic E-state index is 12.5. The average Bonchev–Trinajstić information content (AvgIpc) is 2.67. The summed E-state index contributed by atoms with van der Waals surface area (Å²) in [5.74, 6) is 1.36. The van der Waals surface area contributed by atoms with Gasteiger partial charge in [0.15, 0.2) is 6.04 Å². The highest BCUT2D eigenvalue weighted by molar-refractivity contribution is 5.93. The first-order chi connectivity index (χ1) is 12.5. The third-order valence-electron chi connectivity index (χ3n) is 4.36. The first-order valence-electron chi connectivity index (χ1n) is 8.32. The lowest BCUT2D eigenvalue weighted by atomic mass is 10.1. The number of anilines is 1. The number of methoxy groups -OCH3 is 2. The number of ether oxygens (including phenoxy) is 2. The van der Waals surface area contributed by atoms with Gasteiger partial charge in [-0.05, 0) is 37.3 Å². The molecule has 0 aliphatic carbocycles. The number of likely N-dealkylation sites (N-methyl/N-ethyl adjacent to an activating group) is 1. The van der Waals surface area contributed by atoms with Gasteiger partial charge in [-0.3, -0.25) is 4.79 Å². The summed E-state index contributed by atoms with van der Waals surface area (Å²) in [6, 6.07) is 14.3. The molecule has 6 heteroatoms. The van der Waals surface area contributed by atoms with Crippen LogP contribution >= 0.6 is 0 Å². The predicted molar refractivity (Wildman–Crippen MR) is 99.4 cm³/mol. The van der Waals surface area contributed by atoms with Crippen molar-refractivity contribution < 1.29 is 19.2 Å². The standard InChI is InChI=1S/C20H23N3O3/c1-14(20(24)22-17-7-5-6-15(10-17)12-21)23(2)13-16-8-9-18(25-3)11-19(16)26-4/h5-11,14H,13H2,1-4H3,(H,22,24)/p+1/t14-/m0/s1. The summed E-state index contributed by atoms with van der Waals surface area (Å²) in [7, 11) is 5.19. The molecule has 1 unspecified atom stereocenters. The zero-order chi connectivity index (χ0) is 19.1. The van der Waals surface area contributed by atoms with E-state index in [-0.39, 0.29) is 11.9 Å².